The van der Waals surface area contributed by atoms with Crippen LogP contribution in [-0.2, 0) is 6.54 Å². The Hall–Kier alpha value is -4.06. The van der Waals surface area contributed by atoms with Gasteiger partial charge in [-0.25, -0.2) is 0 Å². The molecule has 0 amide bonds. The van der Waals surface area contributed by atoms with Crippen LogP contribution in [-0.4, -0.2) is 25.6 Å². The second kappa shape index (κ2) is 7.75. The number of hydrogen-bond acceptors (Lipinski definition) is 5. The Balaban J connectivity index is 1.39. The molecular formula is C24H20N6. The van der Waals surface area contributed by atoms with Crippen LogP contribution in [0, 0.1) is 6.92 Å². The topological polar surface area (TPSA) is 79.4 Å². The van der Waals surface area contributed by atoms with Crippen molar-refractivity contribution >= 4 is 16.6 Å². The minimum absolute atomic E-state index is 0.594. The summed E-state index contributed by atoms with van der Waals surface area (Å²) in [4.78, 5) is 4.61. The zero-order valence-electron chi connectivity index (χ0n) is 16.5. The highest BCUT2D eigenvalue weighted by Crippen LogP contribution is 2.30. The average molecular weight is 392 g/mol. The number of hydrogen-bond donors (Lipinski definition) is 2. The summed E-state index contributed by atoms with van der Waals surface area (Å²) in [5, 5.41) is 19.1. The van der Waals surface area contributed by atoms with E-state index in [0.29, 0.717) is 5.82 Å². The highest BCUT2D eigenvalue weighted by molar-refractivity contribution is 5.91. The van der Waals surface area contributed by atoms with Crippen molar-refractivity contribution < 1.29 is 0 Å². The average Bonchev–Trinajstić information content (AvgIpc) is 3.33. The molecule has 5 aromatic rings. The van der Waals surface area contributed by atoms with Gasteiger partial charge < -0.3 is 5.32 Å². The van der Waals surface area contributed by atoms with Gasteiger partial charge in [-0.2, -0.15) is 5.21 Å². The van der Waals surface area contributed by atoms with E-state index in [0.717, 1.165) is 45.5 Å². The van der Waals surface area contributed by atoms with E-state index in [2.05, 4.69) is 73.4 Å². The molecule has 2 N–H and O–H groups in total. The Bertz CT molecular complexity index is 1290. The summed E-state index contributed by atoms with van der Waals surface area (Å²) < 4.78 is 0. The fourth-order valence-electron chi connectivity index (χ4n) is 3.66. The van der Waals surface area contributed by atoms with Crippen molar-refractivity contribution in [3.8, 4) is 22.5 Å². The molecular weight excluding hydrogens is 372 g/mol. The van der Waals surface area contributed by atoms with Crippen molar-refractivity contribution in [3.05, 3.63) is 90.1 Å². The molecule has 0 saturated heterocycles. The molecule has 6 nitrogen and oxygen atoms in total. The number of aromatic amines is 1. The molecule has 2 heterocycles. The number of rotatable bonds is 5. The van der Waals surface area contributed by atoms with Crippen LogP contribution >= 0.6 is 0 Å². The van der Waals surface area contributed by atoms with Crippen LogP contribution in [0.3, 0.4) is 0 Å². The van der Waals surface area contributed by atoms with Crippen molar-refractivity contribution in [1.82, 2.24) is 25.6 Å². The molecule has 0 aliphatic heterocycles. The number of nitrogens with zero attached hydrogens (tertiary/aromatic N) is 4. The lowest BCUT2D eigenvalue weighted by molar-refractivity contribution is 0.881. The summed E-state index contributed by atoms with van der Waals surface area (Å²) in [7, 11) is 0. The van der Waals surface area contributed by atoms with E-state index in [-0.39, 0.29) is 0 Å². The maximum Gasteiger partial charge on any atom is 0.205 e. The Morgan fingerprint density at radius 1 is 0.867 bits per heavy atom. The van der Waals surface area contributed by atoms with E-state index in [1.807, 2.05) is 43.3 Å². The van der Waals surface area contributed by atoms with Gasteiger partial charge in [0.05, 0.1) is 5.52 Å². The number of fused-ring (bicyclic) bond motifs is 1. The molecule has 0 unspecified atom stereocenters. The third-order valence-electron chi connectivity index (χ3n) is 5.11. The molecule has 30 heavy (non-hydrogen) atoms. The minimum Gasteiger partial charge on any atom is -0.380 e. The molecule has 0 bridgehead atoms. The van der Waals surface area contributed by atoms with Crippen molar-refractivity contribution in [2.24, 2.45) is 0 Å². The second-order valence-electron chi connectivity index (χ2n) is 7.16. The molecule has 0 atom stereocenters. The lowest BCUT2D eigenvalue weighted by Crippen LogP contribution is -2.01. The summed E-state index contributed by atoms with van der Waals surface area (Å²) in [6.07, 6.45) is 0. The van der Waals surface area contributed by atoms with E-state index in [4.69, 9.17) is 0 Å². The highest BCUT2D eigenvalue weighted by atomic mass is 15.5. The lowest BCUT2D eigenvalue weighted by atomic mass is 9.98. The molecule has 6 heteroatoms. The van der Waals surface area contributed by atoms with Crippen molar-refractivity contribution in [1.29, 1.82) is 0 Å². The molecule has 5 rings (SSSR count). The predicted molar refractivity (Wildman–Crippen MR) is 119 cm³/mol. The summed E-state index contributed by atoms with van der Waals surface area (Å²) >= 11 is 0. The number of anilines is 1. The van der Waals surface area contributed by atoms with Gasteiger partial charge in [-0.15, -0.1) is 10.2 Å². The third kappa shape index (κ3) is 3.51. The summed E-state index contributed by atoms with van der Waals surface area (Å²) in [6.45, 7) is 2.76. The van der Waals surface area contributed by atoms with E-state index < -0.39 is 0 Å². The van der Waals surface area contributed by atoms with Gasteiger partial charge in [0.25, 0.3) is 0 Å². The van der Waals surface area contributed by atoms with Crippen molar-refractivity contribution in [2.45, 2.75) is 13.5 Å². The molecule has 3 aromatic carbocycles. The molecule has 0 aliphatic carbocycles. The van der Waals surface area contributed by atoms with Gasteiger partial charge in [0.15, 0.2) is 0 Å². The van der Waals surface area contributed by atoms with E-state index >= 15 is 0 Å². The van der Waals surface area contributed by atoms with Gasteiger partial charge in [0, 0.05) is 28.9 Å². The highest BCUT2D eigenvalue weighted by Gasteiger charge is 2.10. The number of tetrazole rings is 1. The van der Waals surface area contributed by atoms with E-state index in [1.165, 1.54) is 5.56 Å². The third-order valence-corrected chi connectivity index (χ3v) is 5.11. The van der Waals surface area contributed by atoms with Crippen LogP contribution < -0.4 is 5.32 Å². The molecule has 0 radical (unpaired) electrons. The number of H-pyrrole nitrogens is 1. The van der Waals surface area contributed by atoms with Crippen LogP contribution in [0.2, 0.25) is 0 Å². The molecule has 0 saturated carbocycles. The quantitative estimate of drug-likeness (QED) is 0.440. The summed E-state index contributed by atoms with van der Waals surface area (Å²) in [5.74, 6) is 0.594. The first-order valence-electron chi connectivity index (χ1n) is 9.80. The van der Waals surface area contributed by atoms with E-state index in [1.54, 1.807) is 0 Å². The van der Waals surface area contributed by atoms with Crippen LogP contribution in [0.4, 0.5) is 5.69 Å². The standard InChI is InChI=1S/C24H20N6/c1-16-14-23(21-8-4-5-9-22(21)26-16)25-15-17-10-12-18(13-11-17)19-6-2-3-7-20(19)24-27-29-30-28-24/h2-14H,15H2,1H3,(H,25,26)(H,27,28,29,30). The SMILES string of the molecule is Cc1cc(NCc2ccc(-c3ccccc3-c3nn[nH]n3)cc2)c2ccccc2n1. The largest absolute Gasteiger partial charge is 0.380 e. The minimum atomic E-state index is 0.594. The fourth-order valence-corrected chi connectivity index (χ4v) is 3.66. The maximum absolute atomic E-state index is 4.61. The Morgan fingerprint density at radius 2 is 1.63 bits per heavy atom. The predicted octanol–water partition coefficient (Wildman–Crippen LogP) is 5.00. The Kier molecular flexibility index (Phi) is 4.65. The number of para-hydroxylation sites is 1. The molecule has 0 aliphatic rings. The monoisotopic (exact) mass is 392 g/mol. The summed E-state index contributed by atoms with van der Waals surface area (Å²) in [6, 6.07) is 26.9. The van der Waals surface area contributed by atoms with Gasteiger partial charge in [-0.1, -0.05) is 66.7 Å². The molecule has 146 valence electrons. The zero-order valence-corrected chi connectivity index (χ0v) is 16.5. The van der Waals surface area contributed by atoms with Crippen molar-refractivity contribution in [3.63, 3.8) is 0 Å². The van der Waals surface area contributed by atoms with E-state index in [9.17, 15) is 0 Å². The van der Waals surface area contributed by atoms with Gasteiger partial charge in [0.1, 0.15) is 0 Å². The van der Waals surface area contributed by atoms with Gasteiger partial charge in [-0.3, -0.25) is 4.98 Å². The van der Waals surface area contributed by atoms with Gasteiger partial charge in [0.2, 0.25) is 5.82 Å². The zero-order chi connectivity index (χ0) is 20.3. The summed E-state index contributed by atoms with van der Waals surface area (Å²) in [5.41, 5.74) is 7.46. The molecule has 2 aromatic heterocycles. The number of aromatic nitrogens is 5. The van der Waals surface area contributed by atoms with Crippen LogP contribution in [0.1, 0.15) is 11.3 Å². The number of pyridine rings is 1. The molecule has 0 spiro atoms. The maximum atomic E-state index is 4.61. The van der Waals surface area contributed by atoms with Crippen LogP contribution in [0.25, 0.3) is 33.4 Å². The normalized spacial score (nSPS) is 11.0. The second-order valence-corrected chi connectivity index (χ2v) is 7.16. The first-order valence-corrected chi connectivity index (χ1v) is 9.80. The first-order chi connectivity index (χ1) is 14.8. The Labute approximate surface area is 174 Å². The van der Waals surface area contributed by atoms with Gasteiger partial charge in [-0.05, 0) is 41.0 Å². The van der Waals surface area contributed by atoms with Crippen LogP contribution in [0.15, 0.2) is 78.9 Å². The number of nitrogens with one attached hydrogen (secondary N) is 2. The Morgan fingerprint density at radius 3 is 2.43 bits per heavy atom. The van der Waals surface area contributed by atoms with Crippen LogP contribution in [0.5, 0.6) is 0 Å². The fraction of sp³-hybridized carbons (Fsp3) is 0.0833. The van der Waals surface area contributed by atoms with Crippen molar-refractivity contribution in [2.75, 3.05) is 5.32 Å². The smallest absolute Gasteiger partial charge is 0.205 e. The number of aryl methyl sites for hydroxylation is 1. The number of benzene rings is 3. The molecule has 0 fully saturated rings. The lowest BCUT2D eigenvalue weighted by Gasteiger charge is -2.12. The van der Waals surface area contributed by atoms with Gasteiger partial charge >= 0.3 is 0 Å². The first kappa shape index (κ1) is 18.0.